The van der Waals surface area contributed by atoms with Crippen LogP contribution in [0.4, 0.5) is 13.2 Å². The zero-order valence-corrected chi connectivity index (χ0v) is 12.3. The molecule has 2 heterocycles. The molecule has 0 radical (unpaired) electrons. The molecule has 0 amide bonds. The first kappa shape index (κ1) is 13.9. The van der Waals surface area contributed by atoms with Crippen molar-refractivity contribution in [3.8, 4) is 0 Å². The molecule has 0 spiro atoms. The van der Waals surface area contributed by atoms with Crippen LogP contribution >= 0.6 is 15.9 Å². The first-order valence-electron chi connectivity index (χ1n) is 6.54. The molecule has 6 heteroatoms. The van der Waals surface area contributed by atoms with E-state index in [1.807, 2.05) is 12.1 Å². The summed E-state index contributed by atoms with van der Waals surface area (Å²) in [4.78, 5) is 4.23. The first-order chi connectivity index (χ1) is 9.37. The predicted molar refractivity (Wildman–Crippen MR) is 74.7 cm³/mol. The monoisotopic (exact) mass is 346 g/mol. The Balaban J connectivity index is 1.84. The van der Waals surface area contributed by atoms with Gasteiger partial charge in [0.2, 0.25) is 5.92 Å². The average molecular weight is 347 g/mol. The van der Waals surface area contributed by atoms with Crippen molar-refractivity contribution in [2.75, 3.05) is 0 Å². The molecule has 0 N–H and O–H groups in total. The van der Waals surface area contributed by atoms with Gasteiger partial charge in [-0.25, -0.2) is 13.2 Å². The van der Waals surface area contributed by atoms with Crippen molar-refractivity contribution in [3.05, 3.63) is 29.0 Å². The molecule has 108 valence electrons. The molecule has 1 aliphatic carbocycles. The summed E-state index contributed by atoms with van der Waals surface area (Å²) >= 11 is 3.34. The zero-order chi connectivity index (χ0) is 14.4. The number of fused-ring (bicyclic) bond motifs is 1. The topological polar surface area (TPSA) is 17.8 Å². The molecule has 1 fully saturated rings. The summed E-state index contributed by atoms with van der Waals surface area (Å²) in [5.41, 5.74) is 0.0299. The maximum Gasteiger partial charge on any atom is 0.248 e. The SMILES string of the molecule is FC1(F)CCC(F)(Cn2ccc3ncc(Br)cc32)CC1. The van der Waals surface area contributed by atoms with E-state index in [9.17, 15) is 13.2 Å². The smallest absolute Gasteiger partial charge is 0.248 e. The highest BCUT2D eigenvalue weighted by Crippen LogP contribution is 2.41. The Morgan fingerprint density at radius 2 is 1.90 bits per heavy atom. The molecular formula is C14H14BrF3N2. The van der Waals surface area contributed by atoms with Crippen LogP contribution in [-0.2, 0) is 6.54 Å². The molecular weight excluding hydrogens is 333 g/mol. The number of aromatic nitrogens is 2. The Morgan fingerprint density at radius 1 is 1.20 bits per heavy atom. The maximum absolute atomic E-state index is 14.7. The Labute approximate surface area is 123 Å². The molecule has 3 rings (SSSR count). The largest absolute Gasteiger partial charge is 0.343 e. The van der Waals surface area contributed by atoms with Crippen molar-refractivity contribution < 1.29 is 13.2 Å². The molecule has 1 saturated carbocycles. The number of pyridine rings is 1. The van der Waals surface area contributed by atoms with E-state index in [-0.39, 0.29) is 32.2 Å². The highest BCUT2D eigenvalue weighted by molar-refractivity contribution is 9.10. The molecule has 2 nitrogen and oxygen atoms in total. The molecule has 0 unspecified atom stereocenters. The van der Waals surface area contributed by atoms with Gasteiger partial charge in [0.25, 0.3) is 0 Å². The van der Waals surface area contributed by atoms with E-state index >= 15 is 0 Å². The summed E-state index contributed by atoms with van der Waals surface area (Å²) in [6.07, 6.45) is 2.51. The van der Waals surface area contributed by atoms with E-state index in [2.05, 4.69) is 20.9 Å². The second-order valence-electron chi connectivity index (χ2n) is 5.51. The molecule has 0 aromatic carbocycles. The van der Waals surface area contributed by atoms with E-state index in [1.54, 1.807) is 17.0 Å². The number of alkyl halides is 3. The van der Waals surface area contributed by atoms with E-state index in [1.165, 1.54) is 0 Å². The third-order valence-electron chi connectivity index (χ3n) is 3.92. The third kappa shape index (κ3) is 2.71. The summed E-state index contributed by atoms with van der Waals surface area (Å²) in [7, 11) is 0. The van der Waals surface area contributed by atoms with Gasteiger partial charge in [-0.15, -0.1) is 0 Å². The fourth-order valence-corrected chi connectivity index (χ4v) is 3.02. The second kappa shape index (κ2) is 4.76. The standard InChI is InChI=1S/C14H14BrF3N2/c15-10-7-12-11(19-8-10)1-6-20(12)9-13(16)2-4-14(17,18)5-3-13/h1,6-8H,2-5,9H2. The van der Waals surface area contributed by atoms with Gasteiger partial charge in [0.1, 0.15) is 5.67 Å². The van der Waals surface area contributed by atoms with E-state index in [0.717, 1.165) is 15.5 Å². The van der Waals surface area contributed by atoms with Crippen LogP contribution in [0.3, 0.4) is 0 Å². The summed E-state index contributed by atoms with van der Waals surface area (Å²) < 4.78 is 43.6. The van der Waals surface area contributed by atoms with Gasteiger partial charge in [0.05, 0.1) is 17.6 Å². The van der Waals surface area contributed by atoms with Gasteiger partial charge in [-0.2, -0.15) is 0 Å². The van der Waals surface area contributed by atoms with Crippen LogP contribution in [0.25, 0.3) is 11.0 Å². The highest BCUT2D eigenvalue weighted by atomic mass is 79.9. The Bertz CT molecular complexity index is 628. The minimum atomic E-state index is -2.71. The van der Waals surface area contributed by atoms with Crippen LogP contribution in [0, 0.1) is 0 Å². The molecule has 2 aromatic rings. The van der Waals surface area contributed by atoms with Crippen LogP contribution in [-0.4, -0.2) is 21.1 Å². The predicted octanol–water partition coefficient (Wildman–Crippen LogP) is 4.72. The molecule has 0 bridgehead atoms. The number of rotatable bonds is 2. The van der Waals surface area contributed by atoms with Crippen molar-refractivity contribution in [3.63, 3.8) is 0 Å². The third-order valence-corrected chi connectivity index (χ3v) is 4.35. The fourth-order valence-electron chi connectivity index (χ4n) is 2.70. The van der Waals surface area contributed by atoms with Gasteiger partial charge in [-0.1, -0.05) is 0 Å². The van der Waals surface area contributed by atoms with Crippen LogP contribution in [0.5, 0.6) is 0 Å². The summed E-state index contributed by atoms with van der Waals surface area (Å²) in [5.74, 6) is -2.71. The van der Waals surface area contributed by atoms with E-state index < -0.39 is 11.6 Å². The lowest BCUT2D eigenvalue weighted by atomic mass is 9.84. The minimum absolute atomic E-state index is 0.0961. The normalized spacial score (nSPS) is 21.2. The van der Waals surface area contributed by atoms with Gasteiger partial charge in [-0.05, 0) is 40.9 Å². The number of hydrogen-bond acceptors (Lipinski definition) is 1. The molecule has 2 aromatic heterocycles. The van der Waals surface area contributed by atoms with Crippen molar-refractivity contribution >= 4 is 27.0 Å². The van der Waals surface area contributed by atoms with Crippen LogP contribution in [0.1, 0.15) is 25.7 Å². The maximum atomic E-state index is 14.7. The lowest BCUT2D eigenvalue weighted by Gasteiger charge is -2.34. The second-order valence-corrected chi connectivity index (χ2v) is 6.42. The number of halogens is 4. The molecule has 0 aliphatic heterocycles. The van der Waals surface area contributed by atoms with Crippen LogP contribution < -0.4 is 0 Å². The quantitative estimate of drug-likeness (QED) is 0.769. The average Bonchev–Trinajstić information content (AvgIpc) is 2.76. The van der Waals surface area contributed by atoms with Crippen LogP contribution in [0.2, 0.25) is 0 Å². The lowest BCUT2D eigenvalue weighted by Crippen LogP contribution is -2.38. The molecule has 0 saturated heterocycles. The molecule has 1 aliphatic rings. The zero-order valence-electron chi connectivity index (χ0n) is 10.8. The van der Waals surface area contributed by atoms with Gasteiger partial charge in [0, 0.05) is 29.7 Å². The highest BCUT2D eigenvalue weighted by Gasteiger charge is 2.43. The van der Waals surface area contributed by atoms with Crippen molar-refractivity contribution in [1.29, 1.82) is 0 Å². The molecule has 0 atom stereocenters. The summed E-state index contributed by atoms with van der Waals surface area (Å²) in [6.45, 7) is 0.102. The van der Waals surface area contributed by atoms with Crippen molar-refractivity contribution in [2.24, 2.45) is 0 Å². The number of nitrogens with zero attached hydrogens (tertiary/aromatic N) is 2. The fraction of sp³-hybridized carbons (Fsp3) is 0.500. The van der Waals surface area contributed by atoms with Crippen molar-refractivity contribution in [1.82, 2.24) is 9.55 Å². The van der Waals surface area contributed by atoms with E-state index in [0.29, 0.717) is 0 Å². The molecule has 20 heavy (non-hydrogen) atoms. The van der Waals surface area contributed by atoms with Gasteiger partial charge >= 0.3 is 0 Å². The minimum Gasteiger partial charge on any atom is -0.343 e. The van der Waals surface area contributed by atoms with Gasteiger partial charge < -0.3 is 4.57 Å². The summed E-state index contributed by atoms with van der Waals surface area (Å²) in [5, 5.41) is 0. The Hall–Kier alpha value is -1.04. The Kier molecular flexibility index (Phi) is 3.31. The van der Waals surface area contributed by atoms with Gasteiger partial charge in [0.15, 0.2) is 0 Å². The first-order valence-corrected chi connectivity index (χ1v) is 7.33. The Morgan fingerprint density at radius 3 is 2.60 bits per heavy atom. The van der Waals surface area contributed by atoms with Gasteiger partial charge in [-0.3, -0.25) is 4.98 Å². The summed E-state index contributed by atoms with van der Waals surface area (Å²) in [6, 6.07) is 3.67. The van der Waals surface area contributed by atoms with Crippen molar-refractivity contribution in [2.45, 2.75) is 43.8 Å². The van der Waals surface area contributed by atoms with Crippen LogP contribution in [0.15, 0.2) is 29.0 Å². The number of hydrogen-bond donors (Lipinski definition) is 0. The lowest BCUT2D eigenvalue weighted by molar-refractivity contribution is -0.0791. The van der Waals surface area contributed by atoms with E-state index in [4.69, 9.17) is 0 Å².